The second-order valence-electron chi connectivity index (χ2n) is 6.01. The first-order chi connectivity index (χ1) is 11.6. The first kappa shape index (κ1) is 16.4. The monoisotopic (exact) mass is 333 g/mol. The molecule has 1 unspecified atom stereocenters. The van der Waals surface area contributed by atoms with E-state index in [0.29, 0.717) is 17.6 Å². The lowest BCUT2D eigenvalue weighted by Gasteiger charge is -2.16. The van der Waals surface area contributed by atoms with Gasteiger partial charge in [0.15, 0.2) is 12.4 Å². The van der Waals surface area contributed by atoms with Gasteiger partial charge >= 0.3 is 0 Å². The number of hydrogen-bond donors (Lipinski definition) is 0. The van der Waals surface area contributed by atoms with Crippen molar-refractivity contribution in [2.75, 3.05) is 19.7 Å². The smallest absolute Gasteiger partial charge is 0.260 e. The van der Waals surface area contributed by atoms with Gasteiger partial charge in [-0.3, -0.25) is 4.79 Å². The van der Waals surface area contributed by atoms with Gasteiger partial charge in [0, 0.05) is 26.4 Å². The molecule has 128 valence electrons. The number of benzene rings is 1. The molecule has 0 N–H and O–H groups in total. The van der Waals surface area contributed by atoms with E-state index in [1.807, 2.05) is 4.90 Å². The predicted molar refractivity (Wildman–Crippen MR) is 83.9 cm³/mol. The average molecular weight is 333 g/mol. The number of carbonyl (C=O) groups is 1. The third-order valence-electron chi connectivity index (χ3n) is 4.16. The Hall–Kier alpha value is -2.44. The molecule has 0 radical (unpaired) electrons. The van der Waals surface area contributed by atoms with Crippen LogP contribution in [0.1, 0.15) is 24.6 Å². The van der Waals surface area contributed by atoms with Crippen LogP contribution < -0.4 is 4.74 Å². The fourth-order valence-corrected chi connectivity index (χ4v) is 2.84. The number of rotatable bonds is 6. The van der Waals surface area contributed by atoms with Gasteiger partial charge in [-0.15, -0.1) is 0 Å². The number of nitrogens with zero attached hydrogens (tertiary/aromatic N) is 3. The van der Waals surface area contributed by atoms with E-state index >= 15 is 0 Å². The van der Waals surface area contributed by atoms with Gasteiger partial charge in [0.05, 0.1) is 0 Å². The molecule has 24 heavy (non-hydrogen) atoms. The molecule has 1 aliphatic rings. The zero-order valence-electron chi connectivity index (χ0n) is 13.6. The van der Waals surface area contributed by atoms with Crippen molar-refractivity contribution in [2.45, 2.75) is 26.2 Å². The molecule has 2 heterocycles. The standard InChI is InChI=1S/C17H20FN3O3/c1-12-19-16(20-24-12)7-2-13-8-9-21(10-13)17(22)11-23-15-5-3-14(18)4-6-15/h3-6,13H,2,7-11H2,1H3. The SMILES string of the molecule is Cc1nc(CCC2CCN(C(=O)COc3ccc(F)cc3)C2)no1. The number of halogens is 1. The summed E-state index contributed by atoms with van der Waals surface area (Å²) in [6.07, 6.45) is 2.66. The summed E-state index contributed by atoms with van der Waals surface area (Å²) in [7, 11) is 0. The maximum absolute atomic E-state index is 12.8. The van der Waals surface area contributed by atoms with Crippen molar-refractivity contribution in [3.8, 4) is 5.75 Å². The molecule has 3 rings (SSSR count). The zero-order valence-corrected chi connectivity index (χ0v) is 13.6. The number of hydrogen-bond acceptors (Lipinski definition) is 5. The first-order valence-electron chi connectivity index (χ1n) is 8.05. The number of likely N-dealkylation sites (tertiary alicyclic amines) is 1. The Labute approximate surface area is 139 Å². The molecule has 1 fully saturated rings. The molecule has 6 nitrogen and oxygen atoms in total. The van der Waals surface area contributed by atoms with Crippen molar-refractivity contribution in [3.05, 3.63) is 41.8 Å². The lowest BCUT2D eigenvalue weighted by atomic mass is 10.0. The van der Waals surface area contributed by atoms with Crippen molar-refractivity contribution in [2.24, 2.45) is 5.92 Å². The van der Waals surface area contributed by atoms with Crippen molar-refractivity contribution in [1.29, 1.82) is 0 Å². The van der Waals surface area contributed by atoms with Crippen LogP contribution >= 0.6 is 0 Å². The van der Waals surface area contributed by atoms with Crippen LogP contribution in [-0.4, -0.2) is 40.6 Å². The number of aryl methyl sites for hydroxylation is 2. The third-order valence-corrected chi connectivity index (χ3v) is 4.16. The minimum atomic E-state index is -0.326. The van der Waals surface area contributed by atoms with E-state index in [1.54, 1.807) is 6.92 Å². The summed E-state index contributed by atoms with van der Waals surface area (Å²) in [4.78, 5) is 18.2. The first-order valence-corrected chi connectivity index (χ1v) is 8.05. The summed E-state index contributed by atoms with van der Waals surface area (Å²) in [6.45, 7) is 3.21. The fourth-order valence-electron chi connectivity index (χ4n) is 2.84. The van der Waals surface area contributed by atoms with Gasteiger partial charge < -0.3 is 14.2 Å². The molecular weight excluding hydrogens is 313 g/mol. The molecule has 0 bridgehead atoms. The van der Waals surface area contributed by atoms with E-state index in [2.05, 4.69) is 10.1 Å². The molecular formula is C17H20FN3O3. The van der Waals surface area contributed by atoms with Gasteiger partial charge in [0.1, 0.15) is 11.6 Å². The lowest BCUT2D eigenvalue weighted by Crippen LogP contribution is -2.33. The molecule has 0 aliphatic carbocycles. The summed E-state index contributed by atoms with van der Waals surface area (Å²) < 4.78 is 23.2. The molecule has 0 saturated carbocycles. The van der Waals surface area contributed by atoms with Crippen LogP contribution in [0.15, 0.2) is 28.8 Å². The Morgan fingerprint density at radius 1 is 1.42 bits per heavy atom. The fraction of sp³-hybridized carbons (Fsp3) is 0.471. The van der Waals surface area contributed by atoms with Crippen molar-refractivity contribution < 1.29 is 18.4 Å². The molecule has 0 spiro atoms. The van der Waals surface area contributed by atoms with Gasteiger partial charge in [0.2, 0.25) is 5.89 Å². The minimum Gasteiger partial charge on any atom is -0.484 e. The summed E-state index contributed by atoms with van der Waals surface area (Å²) in [6, 6.07) is 5.65. The average Bonchev–Trinajstić information content (AvgIpc) is 3.21. The van der Waals surface area contributed by atoms with Gasteiger partial charge in [-0.05, 0) is 43.0 Å². The highest BCUT2D eigenvalue weighted by molar-refractivity contribution is 5.78. The maximum Gasteiger partial charge on any atom is 0.260 e. The van der Waals surface area contributed by atoms with Gasteiger partial charge in [-0.1, -0.05) is 5.16 Å². The molecule has 2 aromatic rings. The minimum absolute atomic E-state index is 0.0254. The molecule has 1 atom stereocenters. The zero-order chi connectivity index (χ0) is 16.9. The topological polar surface area (TPSA) is 68.5 Å². The largest absolute Gasteiger partial charge is 0.484 e. The normalized spacial score (nSPS) is 17.2. The van der Waals surface area contributed by atoms with Crippen LogP contribution in [0.4, 0.5) is 4.39 Å². The van der Waals surface area contributed by atoms with Crippen LogP contribution in [0.5, 0.6) is 5.75 Å². The van der Waals surface area contributed by atoms with Crippen LogP contribution in [-0.2, 0) is 11.2 Å². The van der Waals surface area contributed by atoms with Crippen LogP contribution in [0.2, 0.25) is 0 Å². The number of aromatic nitrogens is 2. The molecule has 1 aromatic heterocycles. The number of ether oxygens (including phenoxy) is 1. The summed E-state index contributed by atoms with van der Waals surface area (Å²) in [5.41, 5.74) is 0. The highest BCUT2D eigenvalue weighted by Crippen LogP contribution is 2.21. The third kappa shape index (κ3) is 4.31. The van der Waals surface area contributed by atoms with E-state index in [4.69, 9.17) is 9.26 Å². The van der Waals surface area contributed by atoms with Crippen molar-refractivity contribution in [3.63, 3.8) is 0 Å². The van der Waals surface area contributed by atoms with Gasteiger partial charge in [-0.2, -0.15) is 4.98 Å². The summed E-state index contributed by atoms with van der Waals surface area (Å²) in [5.74, 6) is 1.86. The molecule has 1 saturated heterocycles. The Morgan fingerprint density at radius 3 is 2.92 bits per heavy atom. The summed E-state index contributed by atoms with van der Waals surface area (Å²) >= 11 is 0. The van der Waals surface area contributed by atoms with Crippen LogP contribution in [0.3, 0.4) is 0 Å². The Balaban J connectivity index is 1.41. The van der Waals surface area contributed by atoms with E-state index < -0.39 is 0 Å². The molecule has 7 heteroatoms. The highest BCUT2D eigenvalue weighted by atomic mass is 19.1. The lowest BCUT2D eigenvalue weighted by molar-refractivity contribution is -0.132. The van der Waals surface area contributed by atoms with Gasteiger partial charge in [0.25, 0.3) is 5.91 Å². The predicted octanol–water partition coefficient (Wildman–Crippen LogP) is 2.38. The van der Waals surface area contributed by atoms with E-state index in [-0.39, 0.29) is 18.3 Å². The Kier molecular flexibility index (Phi) is 5.08. The van der Waals surface area contributed by atoms with Crippen LogP contribution in [0, 0.1) is 18.7 Å². The second-order valence-corrected chi connectivity index (χ2v) is 6.01. The Morgan fingerprint density at radius 2 is 2.21 bits per heavy atom. The van der Waals surface area contributed by atoms with Crippen LogP contribution in [0.25, 0.3) is 0 Å². The second kappa shape index (κ2) is 7.42. The summed E-state index contributed by atoms with van der Waals surface area (Å²) in [5, 5.41) is 3.89. The van der Waals surface area contributed by atoms with E-state index in [1.165, 1.54) is 24.3 Å². The number of amides is 1. The molecule has 1 aromatic carbocycles. The highest BCUT2D eigenvalue weighted by Gasteiger charge is 2.26. The molecule has 1 aliphatic heterocycles. The van der Waals surface area contributed by atoms with Gasteiger partial charge in [-0.25, -0.2) is 4.39 Å². The molecule has 1 amide bonds. The Bertz CT molecular complexity index is 687. The van der Waals surface area contributed by atoms with Crippen molar-refractivity contribution >= 4 is 5.91 Å². The van der Waals surface area contributed by atoms with E-state index in [0.717, 1.165) is 38.2 Å². The quantitative estimate of drug-likeness (QED) is 0.812. The van der Waals surface area contributed by atoms with E-state index in [9.17, 15) is 9.18 Å². The number of carbonyl (C=O) groups excluding carboxylic acids is 1. The maximum atomic E-state index is 12.8. The van der Waals surface area contributed by atoms with Crippen molar-refractivity contribution in [1.82, 2.24) is 15.0 Å².